The molecule has 2 unspecified atom stereocenters. The Hall–Kier alpha value is -1.66. The lowest BCUT2D eigenvalue weighted by Gasteiger charge is -2.18. The number of hydrogen-bond donors (Lipinski definition) is 2. The molecule has 1 aliphatic rings. The van der Waals surface area contributed by atoms with Crippen LogP contribution < -0.4 is 16.0 Å². The number of carbonyl (C=O) groups excluding carboxylic acids is 2. The SMILES string of the molecule is CC(N)CC(=O)NC1CCN(c2ccccc2F)C1=O.Cl. The summed E-state index contributed by atoms with van der Waals surface area (Å²) < 4.78 is 13.7. The van der Waals surface area contributed by atoms with Crippen molar-refractivity contribution in [2.24, 2.45) is 5.73 Å². The molecule has 5 nitrogen and oxygen atoms in total. The largest absolute Gasteiger partial charge is 0.344 e. The van der Waals surface area contributed by atoms with E-state index in [0.29, 0.717) is 13.0 Å². The lowest BCUT2D eigenvalue weighted by molar-refractivity contribution is -0.126. The van der Waals surface area contributed by atoms with E-state index < -0.39 is 11.9 Å². The number of halogens is 2. The number of hydrogen-bond acceptors (Lipinski definition) is 3. The lowest BCUT2D eigenvalue weighted by Crippen LogP contribution is -2.43. The summed E-state index contributed by atoms with van der Waals surface area (Å²) >= 11 is 0. The lowest BCUT2D eigenvalue weighted by atomic mass is 10.2. The van der Waals surface area contributed by atoms with Crippen LogP contribution in [0.1, 0.15) is 19.8 Å². The van der Waals surface area contributed by atoms with Crippen LogP contribution in [-0.2, 0) is 9.59 Å². The number of benzene rings is 1. The molecule has 0 aliphatic carbocycles. The van der Waals surface area contributed by atoms with Crippen molar-refractivity contribution in [3.05, 3.63) is 30.1 Å². The molecule has 21 heavy (non-hydrogen) atoms. The van der Waals surface area contributed by atoms with Crippen molar-refractivity contribution in [1.82, 2.24) is 5.32 Å². The highest BCUT2D eigenvalue weighted by atomic mass is 35.5. The van der Waals surface area contributed by atoms with Gasteiger partial charge in [-0.1, -0.05) is 12.1 Å². The van der Waals surface area contributed by atoms with E-state index in [0.717, 1.165) is 0 Å². The van der Waals surface area contributed by atoms with Crippen molar-refractivity contribution in [3.8, 4) is 0 Å². The van der Waals surface area contributed by atoms with E-state index in [4.69, 9.17) is 5.73 Å². The molecule has 2 atom stereocenters. The second-order valence-corrected chi connectivity index (χ2v) is 5.03. The summed E-state index contributed by atoms with van der Waals surface area (Å²) in [5.41, 5.74) is 5.79. The van der Waals surface area contributed by atoms with Gasteiger partial charge in [0.2, 0.25) is 11.8 Å². The first kappa shape index (κ1) is 17.4. The molecule has 1 aliphatic heterocycles. The van der Waals surface area contributed by atoms with E-state index in [1.165, 1.54) is 11.0 Å². The molecule has 3 N–H and O–H groups in total. The number of carbonyl (C=O) groups is 2. The number of rotatable bonds is 4. The second kappa shape index (κ2) is 7.38. The minimum absolute atomic E-state index is 0. The molecule has 0 spiro atoms. The van der Waals surface area contributed by atoms with E-state index in [1.807, 2.05) is 0 Å². The number of anilines is 1. The maximum Gasteiger partial charge on any atom is 0.249 e. The zero-order chi connectivity index (χ0) is 14.7. The summed E-state index contributed by atoms with van der Waals surface area (Å²) in [4.78, 5) is 25.2. The highest BCUT2D eigenvalue weighted by molar-refractivity contribution is 6.01. The first-order chi connectivity index (χ1) is 9.49. The standard InChI is InChI=1S/C14H18FN3O2.ClH/c1-9(16)8-13(19)17-11-6-7-18(14(11)20)12-5-3-2-4-10(12)15;/h2-5,9,11H,6-8,16H2,1H3,(H,17,19);1H. The van der Waals surface area contributed by atoms with Gasteiger partial charge < -0.3 is 16.0 Å². The fraction of sp³-hybridized carbons (Fsp3) is 0.429. The van der Waals surface area contributed by atoms with Crippen molar-refractivity contribution in [1.29, 1.82) is 0 Å². The number of para-hydroxylation sites is 1. The molecule has 1 fully saturated rings. The molecule has 0 aromatic heterocycles. The van der Waals surface area contributed by atoms with Gasteiger partial charge >= 0.3 is 0 Å². The first-order valence-corrected chi connectivity index (χ1v) is 6.60. The number of amides is 2. The fourth-order valence-electron chi connectivity index (χ4n) is 2.27. The Labute approximate surface area is 129 Å². The third-order valence-corrected chi connectivity index (χ3v) is 3.19. The number of nitrogens with two attached hydrogens (primary N) is 1. The minimum Gasteiger partial charge on any atom is -0.344 e. The number of nitrogens with zero attached hydrogens (tertiary/aromatic N) is 1. The van der Waals surface area contributed by atoms with Gasteiger partial charge in [-0.25, -0.2) is 4.39 Å². The van der Waals surface area contributed by atoms with Gasteiger partial charge in [0.15, 0.2) is 0 Å². The third-order valence-electron chi connectivity index (χ3n) is 3.19. The average molecular weight is 316 g/mol. The first-order valence-electron chi connectivity index (χ1n) is 6.60. The van der Waals surface area contributed by atoms with Gasteiger partial charge in [0.05, 0.1) is 5.69 Å². The Morgan fingerprint density at radius 2 is 2.19 bits per heavy atom. The predicted molar refractivity (Wildman–Crippen MR) is 80.8 cm³/mol. The molecule has 2 rings (SSSR count). The van der Waals surface area contributed by atoms with Crippen LogP contribution in [0.3, 0.4) is 0 Å². The second-order valence-electron chi connectivity index (χ2n) is 5.03. The topological polar surface area (TPSA) is 75.4 Å². The van der Waals surface area contributed by atoms with E-state index in [2.05, 4.69) is 5.32 Å². The molecule has 2 amide bonds. The maximum absolute atomic E-state index is 13.7. The zero-order valence-electron chi connectivity index (χ0n) is 11.7. The maximum atomic E-state index is 13.7. The smallest absolute Gasteiger partial charge is 0.249 e. The Morgan fingerprint density at radius 3 is 2.81 bits per heavy atom. The Kier molecular flexibility index (Phi) is 6.11. The van der Waals surface area contributed by atoms with Crippen molar-refractivity contribution in [3.63, 3.8) is 0 Å². The molecular weight excluding hydrogens is 297 g/mol. The van der Waals surface area contributed by atoms with E-state index in [9.17, 15) is 14.0 Å². The van der Waals surface area contributed by atoms with Crippen LogP contribution in [-0.4, -0.2) is 30.4 Å². The highest BCUT2D eigenvalue weighted by Crippen LogP contribution is 2.24. The van der Waals surface area contributed by atoms with Gasteiger partial charge in [-0.2, -0.15) is 0 Å². The van der Waals surface area contributed by atoms with Gasteiger partial charge in [0.1, 0.15) is 11.9 Å². The van der Waals surface area contributed by atoms with Crippen LogP contribution in [0.4, 0.5) is 10.1 Å². The normalized spacial score (nSPS) is 19.1. The monoisotopic (exact) mass is 315 g/mol. The number of nitrogens with one attached hydrogen (secondary N) is 1. The van der Waals surface area contributed by atoms with Gasteiger partial charge in [0, 0.05) is 19.0 Å². The zero-order valence-corrected chi connectivity index (χ0v) is 12.5. The molecular formula is C14H19ClFN3O2. The Morgan fingerprint density at radius 1 is 1.52 bits per heavy atom. The molecule has 116 valence electrons. The predicted octanol–water partition coefficient (Wildman–Crippen LogP) is 1.21. The van der Waals surface area contributed by atoms with Crippen molar-refractivity contribution >= 4 is 29.9 Å². The summed E-state index contributed by atoms with van der Waals surface area (Å²) in [6, 6.07) is 5.26. The van der Waals surface area contributed by atoms with Gasteiger partial charge in [0.25, 0.3) is 0 Å². The molecule has 0 bridgehead atoms. The third kappa shape index (κ3) is 4.15. The molecule has 0 radical (unpaired) electrons. The average Bonchev–Trinajstić information content (AvgIpc) is 2.71. The van der Waals surface area contributed by atoms with Crippen LogP contribution >= 0.6 is 12.4 Å². The summed E-state index contributed by atoms with van der Waals surface area (Å²) in [6.07, 6.45) is 0.640. The highest BCUT2D eigenvalue weighted by Gasteiger charge is 2.34. The minimum atomic E-state index is -0.596. The molecule has 1 saturated heterocycles. The van der Waals surface area contributed by atoms with Gasteiger partial charge in [-0.3, -0.25) is 9.59 Å². The quantitative estimate of drug-likeness (QED) is 0.877. The molecule has 1 heterocycles. The Bertz CT molecular complexity index is 525. The van der Waals surface area contributed by atoms with Crippen molar-refractivity contribution < 1.29 is 14.0 Å². The fourth-order valence-corrected chi connectivity index (χ4v) is 2.27. The van der Waals surface area contributed by atoms with E-state index >= 15 is 0 Å². The van der Waals surface area contributed by atoms with Crippen LogP contribution in [0.25, 0.3) is 0 Å². The molecule has 1 aromatic rings. The van der Waals surface area contributed by atoms with Crippen LogP contribution in [0.5, 0.6) is 0 Å². The summed E-state index contributed by atoms with van der Waals surface area (Å²) in [5, 5.41) is 2.65. The van der Waals surface area contributed by atoms with Crippen molar-refractivity contribution in [2.45, 2.75) is 31.8 Å². The Balaban J connectivity index is 0.00000220. The summed E-state index contributed by atoms with van der Waals surface area (Å²) in [5.74, 6) is -0.981. The molecule has 7 heteroatoms. The van der Waals surface area contributed by atoms with E-state index in [-0.39, 0.29) is 42.4 Å². The van der Waals surface area contributed by atoms with Crippen LogP contribution in [0, 0.1) is 5.82 Å². The van der Waals surface area contributed by atoms with Crippen LogP contribution in [0.2, 0.25) is 0 Å². The van der Waals surface area contributed by atoms with E-state index in [1.54, 1.807) is 25.1 Å². The molecule has 1 aromatic carbocycles. The molecule has 0 saturated carbocycles. The van der Waals surface area contributed by atoms with Crippen LogP contribution in [0.15, 0.2) is 24.3 Å². The van der Waals surface area contributed by atoms with Crippen molar-refractivity contribution in [2.75, 3.05) is 11.4 Å². The van der Waals surface area contributed by atoms with Gasteiger partial charge in [-0.15, -0.1) is 12.4 Å². The summed E-state index contributed by atoms with van der Waals surface area (Å²) in [6.45, 7) is 2.12. The van der Waals surface area contributed by atoms with Gasteiger partial charge in [-0.05, 0) is 25.5 Å². The summed E-state index contributed by atoms with van der Waals surface area (Å²) in [7, 11) is 0.